The number of hydrogen-bond acceptors (Lipinski definition) is 4. The summed E-state index contributed by atoms with van der Waals surface area (Å²) in [5.74, 6) is 7.24. The molecule has 2 rings (SSSR count). The molecule has 4 nitrogen and oxygen atoms in total. The van der Waals surface area contributed by atoms with Gasteiger partial charge >= 0.3 is 0 Å². The van der Waals surface area contributed by atoms with Crippen molar-refractivity contribution in [2.45, 2.75) is 18.9 Å². The summed E-state index contributed by atoms with van der Waals surface area (Å²) < 4.78 is 11.2. The summed E-state index contributed by atoms with van der Waals surface area (Å²) in [5.41, 5.74) is 2.72. The van der Waals surface area contributed by atoms with E-state index in [9.17, 15) is 0 Å². The van der Waals surface area contributed by atoms with Gasteiger partial charge in [0.1, 0.15) is 24.2 Å². The van der Waals surface area contributed by atoms with Crippen molar-refractivity contribution in [3.05, 3.63) is 42.2 Å². The van der Waals surface area contributed by atoms with Crippen molar-refractivity contribution in [3.8, 4) is 5.75 Å². The summed E-state index contributed by atoms with van der Waals surface area (Å²) in [6, 6.07) is 9.59. The second-order valence-corrected chi connectivity index (χ2v) is 3.94. The van der Waals surface area contributed by atoms with Gasteiger partial charge in [0, 0.05) is 0 Å². The van der Waals surface area contributed by atoms with Crippen LogP contribution in [0.25, 0.3) is 0 Å². The van der Waals surface area contributed by atoms with Gasteiger partial charge in [0.2, 0.25) is 0 Å². The average molecular weight is 234 g/mol. The fourth-order valence-corrected chi connectivity index (χ4v) is 1.73. The molecule has 1 aliphatic rings. The first kappa shape index (κ1) is 12.0. The first-order valence-electron chi connectivity index (χ1n) is 5.87. The molecule has 1 aromatic carbocycles. The second kappa shape index (κ2) is 6.27. The van der Waals surface area contributed by atoms with Crippen LogP contribution < -0.4 is 16.0 Å². The van der Waals surface area contributed by atoms with Gasteiger partial charge < -0.3 is 9.47 Å². The number of para-hydroxylation sites is 1. The van der Waals surface area contributed by atoms with E-state index < -0.39 is 0 Å². The zero-order valence-electron chi connectivity index (χ0n) is 9.76. The van der Waals surface area contributed by atoms with Crippen LogP contribution in [0.15, 0.2) is 42.2 Å². The number of hydrazine groups is 1. The number of benzene rings is 1. The zero-order valence-corrected chi connectivity index (χ0v) is 9.76. The third kappa shape index (κ3) is 3.47. The minimum absolute atomic E-state index is 0.0875. The van der Waals surface area contributed by atoms with Crippen LogP contribution in [0.1, 0.15) is 12.8 Å². The Balaban J connectivity index is 1.89. The molecule has 1 aliphatic heterocycles. The third-order valence-electron chi connectivity index (χ3n) is 2.67. The van der Waals surface area contributed by atoms with Crippen molar-refractivity contribution in [2.75, 3.05) is 13.2 Å². The third-order valence-corrected chi connectivity index (χ3v) is 2.67. The quantitative estimate of drug-likeness (QED) is 0.600. The Labute approximate surface area is 101 Å². The molecule has 1 unspecified atom stereocenters. The molecule has 4 heteroatoms. The molecule has 1 atom stereocenters. The van der Waals surface area contributed by atoms with E-state index in [1.165, 1.54) is 0 Å². The van der Waals surface area contributed by atoms with E-state index in [1.54, 1.807) is 0 Å². The lowest BCUT2D eigenvalue weighted by Gasteiger charge is -2.23. The standard InChI is InChI=1S/C13H18N2O2/c14-15-12(13-8-4-5-9-16-13)10-17-11-6-2-1-3-7-11/h1-3,6-8,12,15H,4-5,9-10,14H2. The molecule has 3 N–H and O–H groups in total. The van der Waals surface area contributed by atoms with Gasteiger partial charge in [0.05, 0.1) is 6.61 Å². The molecule has 0 bridgehead atoms. The molecule has 1 aromatic rings. The van der Waals surface area contributed by atoms with Gasteiger partial charge in [-0.2, -0.15) is 0 Å². The maximum atomic E-state index is 5.65. The molecular formula is C13H18N2O2. The molecule has 0 fully saturated rings. The number of nitrogens with two attached hydrogens (primary N) is 1. The second-order valence-electron chi connectivity index (χ2n) is 3.94. The van der Waals surface area contributed by atoms with Crippen molar-refractivity contribution in [1.29, 1.82) is 0 Å². The van der Waals surface area contributed by atoms with Crippen molar-refractivity contribution < 1.29 is 9.47 Å². The summed E-state index contributed by atoms with van der Waals surface area (Å²) in [6.07, 6.45) is 4.18. The lowest BCUT2D eigenvalue weighted by molar-refractivity contribution is 0.147. The highest BCUT2D eigenvalue weighted by Crippen LogP contribution is 2.15. The van der Waals surface area contributed by atoms with E-state index in [0.29, 0.717) is 6.61 Å². The van der Waals surface area contributed by atoms with E-state index >= 15 is 0 Å². The lowest BCUT2D eigenvalue weighted by Crippen LogP contribution is -2.42. The molecule has 0 aromatic heterocycles. The average Bonchev–Trinajstić information content (AvgIpc) is 2.42. The molecule has 0 radical (unpaired) electrons. The van der Waals surface area contributed by atoms with Crippen LogP contribution in [0, 0.1) is 0 Å². The summed E-state index contributed by atoms with van der Waals surface area (Å²) in [6.45, 7) is 1.22. The van der Waals surface area contributed by atoms with E-state index in [0.717, 1.165) is 31.0 Å². The van der Waals surface area contributed by atoms with Crippen LogP contribution in [0.4, 0.5) is 0 Å². The summed E-state index contributed by atoms with van der Waals surface area (Å²) in [7, 11) is 0. The normalized spacial score (nSPS) is 16.9. The van der Waals surface area contributed by atoms with Crippen LogP contribution in [0.2, 0.25) is 0 Å². The maximum absolute atomic E-state index is 5.65. The highest BCUT2D eigenvalue weighted by molar-refractivity contribution is 5.21. The van der Waals surface area contributed by atoms with Crippen molar-refractivity contribution in [2.24, 2.45) is 5.84 Å². The van der Waals surface area contributed by atoms with Crippen LogP contribution >= 0.6 is 0 Å². The Morgan fingerprint density at radius 2 is 2.18 bits per heavy atom. The van der Waals surface area contributed by atoms with Gasteiger partial charge in [-0.05, 0) is 31.1 Å². The van der Waals surface area contributed by atoms with Crippen molar-refractivity contribution >= 4 is 0 Å². The van der Waals surface area contributed by atoms with Crippen molar-refractivity contribution in [1.82, 2.24) is 5.43 Å². The van der Waals surface area contributed by atoms with E-state index in [-0.39, 0.29) is 6.04 Å². The van der Waals surface area contributed by atoms with Gasteiger partial charge in [0.15, 0.2) is 0 Å². The Morgan fingerprint density at radius 3 is 2.82 bits per heavy atom. The Morgan fingerprint density at radius 1 is 1.35 bits per heavy atom. The fraction of sp³-hybridized carbons (Fsp3) is 0.385. The Hall–Kier alpha value is -1.52. The molecule has 92 valence electrons. The van der Waals surface area contributed by atoms with E-state index in [2.05, 4.69) is 11.5 Å². The SMILES string of the molecule is NNC(COc1ccccc1)C1=CCCCO1. The van der Waals surface area contributed by atoms with Crippen LogP contribution in [0.5, 0.6) is 5.75 Å². The van der Waals surface area contributed by atoms with E-state index in [4.69, 9.17) is 15.3 Å². The fourth-order valence-electron chi connectivity index (χ4n) is 1.73. The van der Waals surface area contributed by atoms with Gasteiger partial charge in [-0.15, -0.1) is 0 Å². The number of rotatable bonds is 5. The predicted octanol–water partition coefficient (Wildman–Crippen LogP) is 1.59. The summed E-state index contributed by atoms with van der Waals surface area (Å²) >= 11 is 0. The summed E-state index contributed by atoms with van der Waals surface area (Å²) in [5, 5.41) is 0. The van der Waals surface area contributed by atoms with E-state index in [1.807, 2.05) is 30.3 Å². The van der Waals surface area contributed by atoms with Gasteiger partial charge in [-0.1, -0.05) is 18.2 Å². The molecule has 0 aliphatic carbocycles. The first-order chi connectivity index (χ1) is 8.40. The Kier molecular flexibility index (Phi) is 4.41. The molecule has 0 saturated heterocycles. The highest BCUT2D eigenvalue weighted by Gasteiger charge is 2.17. The van der Waals surface area contributed by atoms with Crippen LogP contribution in [-0.4, -0.2) is 19.3 Å². The minimum atomic E-state index is -0.0875. The molecule has 17 heavy (non-hydrogen) atoms. The number of ether oxygens (including phenoxy) is 2. The van der Waals surface area contributed by atoms with Crippen molar-refractivity contribution in [3.63, 3.8) is 0 Å². The molecule has 0 amide bonds. The first-order valence-corrected chi connectivity index (χ1v) is 5.87. The molecule has 0 saturated carbocycles. The zero-order chi connectivity index (χ0) is 11.9. The molecule has 1 heterocycles. The minimum Gasteiger partial charge on any atom is -0.496 e. The van der Waals surface area contributed by atoms with Crippen LogP contribution in [-0.2, 0) is 4.74 Å². The smallest absolute Gasteiger partial charge is 0.119 e. The monoisotopic (exact) mass is 234 g/mol. The highest BCUT2D eigenvalue weighted by atomic mass is 16.5. The molecule has 0 spiro atoms. The number of nitrogens with one attached hydrogen (secondary N) is 1. The molecular weight excluding hydrogens is 216 g/mol. The summed E-state index contributed by atoms with van der Waals surface area (Å²) in [4.78, 5) is 0. The lowest BCUT2D eigenvalue weighted by atomic mass is 10.1. The van der Waals surface area contributed by atoms with Crippen LogP contribution in [0.3, 0.4) is 0 Å². The van der Waals surface area contributed by atoms with Gasteiger partial charge in [-0.25, -0.2) is 5.43 Å². The maximum Gasteiger partial charge on any atom is 0.119 e. The van der Waals surface area contributed by atoms with Gasteiger partial charge in [0.25, 0.3) is 0 Å². The topological polar surface area (TPSA) is 56.5 Å². The largest absolute Gasteiger partial charge is 0.496 e. The Bertz CT molecular complexity index is 365. The van der Waals surface area contributed by atoms with Gasteiger partial charge in [-0.3, -0.25) is 5.84 Å². The number of hydrogen-bond donors (Lipinski definition) is 2. The number of allylic oxidation sites excluding steroid dienone is 1. The predicted molar refractivity (Wildman–Crippen MR) is 66.3 cm³/mol.